The predicted octanol–water partition coefficient (Wildman–Crippen LogP) is 2.74. The van der Waals surface area contributed by atoms with Crippen LogP contribution in [0.1, 0.15) is 19.8 Å². The number of benzene rings is 1. The normalized spacial score (nSPS) is 11.2. The SMILES string of the molecule is CCSc1nnc(NC(=O)CCCN(c2cccc([N+](=O)[O-])c2)S(C)(=O)=O)s1. The van der Waals surface area contributed by atoms with E-state index in [1.165, 1.54) is 47.4 Å². The molecule has 2 rings (SSSR count). The van der Waals surface area contributed by atoms with Gasteiger partial charge in [0.15, 0.2) is 4.34 Å². The van der Waals surface area contributed by atoms with E-state index < -0.39 is 14.9 Å². The number of aromatic nitrogens is 2. The topological polar surface area (TPSA) is 135 Å². The molecule has 28 heavy (non-hydrogen) atoms. The number of hydrogen-bond acceptors (Lipinski definition) is 9. The van der Waals surface area contributed by atoms with Gasteiger partial charge in [-0.05, 0) is 18.2 Å². The van der Waals surface area contributed by atoms with Crippen LogP contribution >= 0.6 is 23.1 Å². The van der Waals surface area contributed by atoms with E-state index in [9.17, 15) is 23.3 Å². The molecule has 1 aromatic heterocycles. The van der Waals surface area contributed by atoms with Crippen LogP contribution in [0.25, 0.3) is 0 Å². The van der Waals surface area contributed by atoms with Gasteiger partial charge in [0.05, 0.1) is 16.9 Å². The van der Waals surface area contributed by atoms with Crippen LogP contribution in [0, 0.1) is 10.1 Å². The molecule has 13 heteroatoms. The maximum atomic E-state index is 12.1. The fraction of sp³-hybridized carbons (Fsp3) is 0.400. The lowest BCUT2D eigenvalue weighted by molar-refractivity contribution is -0.384. The maximum absolute atomic E-state index is 12.1. The summed E-state index contributed by atoms with van der Waals surface area (Å²) in [4.78, 5) is 22.4. The number of carbonyl (C=O) groups excluding carboxylic acids is 1. The minimum absolute atomic E-state index is 0.0144. The molecule has 1 N–H and O–H groups in total. The van der Waals surface area contributed by atoms with E-state index >= 15 is 0 Å². The second-order valence-electron chi connectivity index (χ2n) is 5.57. The number of non-ortho nitro benzene ring substituents is 1. The van der Waals surface area contributed by atoms with Gasteiger partial charge in [-0.1, -0.05) is 36.1 Å². The number of nitro benzene ring substituents is 1. The molecule has 0 fully saturated rings. The molecule has 0 bridgehead atoms. The second kappa shape index (κ2) is 9.80. The summed E-state index contributed by atoms with van der Waals surface area (Å²) >= 11 is 2.79. The molecule has 0 radical (unpaired) electrons. The van der Waals surface area contributed by atoms with Gasteiger partial charge in [-0.15, -0.1) is 10.2 Å². The van der Waals surface area contributed by atoms with Crippen LogP contribution in [0.5, 0.6) is 0 Å². The fourth-order valence-electron chi connectivity index (χ4n) is 2.26. The van der Waals surface area contributed by atoms with Crippen molar-refractivity contribution in [2.24, 2.45) is 0 Å². The van der Waals surface area contributed by atoms with E-state index in [4.69, 9.17) is 0 Å². The molecule has 1 aromatic carbocycles. The molecule has 1 heterocycles. The highest BCUT2D eigenvalue weighted by molar-refractivity contribution is 8.01. The number of amides is 1. The molecule has 0 spiro atoms. The van der Waals surface area contributed by atoms with Crippen molar-refractivity contribution >= 4 is 55.5 Å². The van der Waals surface area contributed by atoms with Crippen LogP contribution in [-0.4, -0.2) is 48.0 Å². The zero-order valence-corrected chi connectivity index (χ0v) is 17.6. The summed E-state index contributed by atoms with van der Waals surface area (Å²) in [5.41, 5.74) is -0.0246. The molecule has 0 aliphatic heterocycles. The van der Waals surface area contributed by atoms with Gasteiger partial charge >= 0.3 is 0 Å². The number of sulfonamides is 1. The Hall–Kier alpha value is -2.25. The monoisotopic (exact) mass is 445 g/mol. The second-order valence-corrected chi connectivity index (χ2v) is 9.97. The Morgan fingerprint density at radius 2 is 2.14 bits per heavy atom. The number of carbonyl (C=O) groups is 1. The van der Waals surface area contributed by atoms with Crippen LogP contribution < -0.4 is 9.62 Å². The molecule has 152 valence electrons. The minimum Gasteiger partial charge on any atom is -0.301 e. The molecular weight excluding hydrogens is 426 g/mol. The molecule has 0 saturated heterocycles. The lowest BCUT2D eigenvalue weighted by atomic mass is 10.2. The molecular formula is C15H19N5O5S3. The van der Waals surface area contributed by atoms with E-state index in [-0.39, 0.29) is 36.7 Å². The van der Waals surface area contributed by atoms with Crippen LogP contribution in [0.3, 0.4) is 0 Å². The van der Waals surface area contributed by atoms with Crippen molar-refractivity contribution in [3.05, 3.63) is 34.4 Å². The first-order chi connectivity index (χ1) is 13.2. The van der Waals surface area contributed by atoms with Gasteiger partial charge in [-0.25, -0.2) is 8.42 Å². The Kier molecular flexibility index (Phi) is 7.71. The van der Waals surface area contributed by atoms with Crippen molar-refractivity contribution in [1.82, 2.24) is 10.2 Å². The number of anilines is 2. The summed E-state index contributed by atoms with van der Waals surface area (Å²) in [7, 11) is -3.66. The standard InChI is InChI=1S/C15H19N5O5S3/c1-3-26-15-18-17-14(27-15)16-13(21)8-5-9-19(28(2,24)25)11-6-4-7-12(10-11)20(22)23/h4,6-7,10H,3,5,8-9H2,1-2H3,(H,16,17,21). The third-order valence-corrected chi connectivity index (χ3v) is 6.46. The van der Waals surface area contributed by atoms with Crippen LogP contribution in [0.4, 0.5) is 16.5 Å². The van der Waals surface area contributed by atoms with Gasteiger partial charge in [-0.3, -0.25) is 19.2 Å². The first-order valence-electron chi connectivity index (χ1n) is 8.19. The first-order valence-corrected chi connectivity index (χ1v) is 11.8. The predicted molar refractivity (Wildman–Crippen MR) is 109 cm³/mol. The molecule has 0 aliphatic carbocycles. The molecule has 10 nitrogen and oxygen atoms in total. The fourth-order valence-corrected chi connectivity index (χ4v) is 4.88. The Morgan fingerprint density at radius 1 is 1.39 bits per heavy atom. The lowest BCUT2D eigenvalue weighted by Gasteiger charge is -2.22. The summed E-state index contributed by atoms with van der Waals surface area (Å²) in [6, 6.07) is 5.36. The number of nitro groups is 1. The average molecular weight is 446 g/mol. The van der Waals surface area contributed by atoms with Crippen molar-refractivity contribution < 1.29 is 18.1 Å². The summed E-state index contributed by atoms with van der Waals surface area (Å²) in [6.07, 6.45) is 1.31. The summed E-state index contributed by atoms with van der Waals surface area (Å²) in [5.74, 6) is 0.540. The summed E-state index contributed by atoms with van der Waals surface area (Å²) in [5, 5.41) is 21.8. The number of thioether (sulfide) groups is 1. The zero-order chi connectivity index (χ0) is 20.7. The van der Waals surface area contributed by atoms with Crippen molar-refractivity contribution in [1.29, 1.82) is 0 Å². The minimum atomic E-state index is -3.66. The third kappa shape index (κ3) is 6.42. The number of hydrogen-bond donors (Lipinski definition) is 1. The molecule has 1 amide bonds. The van der Waals surface area contributed by atoms with Crippen molar-refractivity contribution in [2.75, 3.05) is 28.2 Å². The molecule has 0 saturated carbocycles. The molecule has 2 aromatic rings. The summed E-state index contributed by atoms with van der Waals surface area (Å²) < 4.78 is 26.0. The smallest absolute Gasteiger partial charge is 0.271 e. The Bertz CT molecular complexity index is 947. The van der Waals surface area contributed by atoms with Gasteiger partial charge in [0, 0.05) is 25.1 Å². The maximum Gasteiger partial charge on any atom is 0.271 e. The van der Waals surface area contributed by atoms with Crippen molar-refractivity contribution in [3.8, 4) is 0 Å². The van der Waals surface area contributed by atoms with E-state index in [2.05, 4.69) is 15.5 Å². The lowest BCUT2D eigenvalue weighted by Crippen LogP contribution is -2.31. The molecule has 0 atom stereocenters. The van der Waals surface area contributed by atoms with Crippen molar-refractivity contribution in [3.63, 3.8) is 0 Å². The number of rotatable bonds is 10. The van der Waals surface area contributed by atoms with E-state index in [1.807, 2.05) is 6.92 Å². The summed E-state index contributed by atoms with van der Waals surface area (Å²) in [6.45, 7) is 2.00. The zero-order valence-electron chi connectivity index (χ0n) is 15.2. The third-order valence-electron chi connectivity index (χ3n) is 3.41. The Balaban J connectivity index is 1.97. The molecule has 0 aliphatic rings. The Labute approximate surface area is 170 Å². The van der Waals surface area contributed by atoms with Crippen molar-refractivity contribution in [2.45, 2.75) is 24.1 Å². The largest absolute Gasteiger partial charge is 0.301 e. The van der Waals surface area contributed by atoms with Gasteiger partial charge < -0.3 is 5.32 Å². The highest BCUT2D eigenvalue weighted by Crippen LogP contribution is 2.26. The van der Waals surface area contributed by atoms with E-state index in [1.54, 1.807) is 0 Å². The number of nitrogens with one attached hydrogen (secondary N) is 1. The van der Waals surface area contributed by atoms with E-state index in [0.29, 0.717) is 5.13 Å². The van der Waals surface area contributed by atoms with Crippen LogP contribution in [0.2, 0.25) is 0 Å². The van der Waals surface area contributed by atoms with Gasteiger partial charge in [0.25, 0.3) is 5.69 Å². The van der Waals surface area contributed by atoms with Crippen LogP contribution in [0.15, 0.2) is 28.6 Å². The van der Waals surface area contributed by atoms with Gasteiger partial charge in [0.2, 0.25) is 21.1 Å². The quantitative estimate of drug-likeness (QED) is 0.255. The highest BCUT2D eigenvalue weighted by Gasteiger charge is 2.20. The van der Waals surface area contributed by atoms with E-state index in [0.717, 1.165) is 20.7 Å². The van der Waals surface area contributed by atoms with Crippen LogP contribution in [-0.2, 0) is 14.8 Å². The average Bonchev–Trinajstić information content (AvgIpc) is 3.05. The Morgan fingerprint density at radius 3 is 2.79 bits per heavy atom. The van der Waals surface area contributed by atoms with Gasteiger partial charge in [0.1, 0.15) is 0 Å². The highest BCUT2D eigenvalue weighted by atomic mass is 32.2. The first kappa shape index (κ1) is 22.0. The van der Waals surface area contributed by atoms with Gasteiger partial charge in [-0.2, -0.15) is 0 Å². The number of nitrogens with zero attached hydrogens (tertiary/aromatic N) is 4. The molecule has 0 unspecified atom stereocenters.